The number of hydrogen-bond acceptors (Lipinski definition) is 2. The monoisotopic (exact) mass is 324 g/mol. The van der Waals surface area contributed by atoms with Gasteiger partial charge in [0.15, 0.2) is 5.78 Å². The van der Waals surface area contributed by atoms with E-state index in [0.29, 0.717) is 23.7 Å². The third-order valence-corrected chi connectivity index (χ3v) is 7.25. The number of ether oxygens (including phenoxy) is 1. The average Bonchev–Trinajstić information content (AvgIpc) is 2.92. The van der Waals surface area contributed by atoms with Crippen LogP contribution in [0.25, 0.3) is 0 Å². The van der Waals surface area contributed by atoms with E-state index in [1.807, 2.05) is 0 Å². The van der Waals surface area contributed by atoms with Crippen molar-refractivity contribution in [3.63, 3.8) is 0 Å². The topological polar surface area (TPSA) is 26.3 Å². The number of benzene rings is 1. The highest BCUT2D eigenvalue weighted by Gasteiger charge is 2.53. The first-order chi connectivity index (χ1) is 11.5. The van der Waals surface area contributed by atoms with Gasteiger partial charge in [-0.25, -0.2) is 0 Å². The maximum absolute atomic E-state index is 12.1. The molecule has 24 heavy (non-hydrogen) atoms. The Hall–Kier alpha value is -1.57. The minimum absolute atomic E-state index is 0.108. The lowest BCUT2D eigenvalue weighted by atomic mass is 9.53. The largest absolute Gasteiger partial charge is 0.497 e. The van der Waals surface area contributed by atoms with E-state index in [0.717, 1.165) is 24.2 Å². The van der Waals surface area contributed by atoms with Crippen molar-refractivity contribution in [2.24, 2.45) is 17.3 Å². The summed E-state index contributed by atoms with van der Waals surface area (Å²) in [5.74, 6) is 3.81. The highest BCUT2D eigenvalue weighted by molar-refractivity contribution is 5.95. The van der Waals surface area contributed by atoms with Gasteiger partial charge in [-0.2, -0.15) is 0 Å². The van der Waals surface area contributed by atoms with Crippen molar-refractivity contribution in [3.8, 4) is 5.75 Å². The Morgan fingerprint density at radius 3 is 2.79 bits per heavy atom. The van der Waals surface area contributed by atoms with E-state index >= 15 is 0 Å². The molecule has 4 rings (SSSR count). The predicted octanol–water partition coefficient (Wildman–Crippen LogP) is 5.24. The predicted molar refractivity (Wildman–Crippen MR) is 96.5 cm³/mol. The zero-order valence-electron chi connectivity index (χ0n) is 15.3. The summed E-state index contributed by atoms with van der Waals surface area (Å²) in [4.78, 5) is 12.1. The van der Waals surface area contributed by atoms with Crippen LogP contribution in [0.15, 0.2) is 29.8 Å². The third kappa shape index (κ3) is 2.11. The zero-order chi connectivity index (χ0) is 17.1. The Kier molecular flexibility index (Phi) is 3.63. The second-order valence-corrected chi connectivity index (χ2v) is 8.37. The van der Waals surface area contributed by atoms with E-state index in [1.54, 1.807) is 14.0 Å². The molecule has 0 saturated heterocycles. The number of allylic oxidation sites excluding steroid dienone is 2. The van der Waals surface area contributed by atoms with Crippen LogP contribution in [-0.2, 0) is 4.79 Å². The molecule has 0 bridgehead atoms. The van der Waals surface area contributed by atoms with Crippen LogP contribution in [0.2, 0.25) is 0 Å². The van der Waals surface area contributed by atoms with Gasteiger partial charge >= 0.3 is 0 Å². The molecule has 0 heterocycles. The van der Waals surface area contributed by atoms with E-state index in [4.69, 9.17) is 4.74 Å². The molecule has 0 amide bonds. The summed E-state index contributed by atoms with van der Waals surface area (Å²) >= 11 is 0. The molecule has 0 aromatic heterocycles. The highest BCUT2D eigenvalue weighted by atomic mass is 16.5. The van der Waals surface area contributed by atoms with Crippen molar-refractivity contribution < 1.29 is 9.53 Å². The number of hydrogen-bond donors (Lipinski definition) is 0. The Balaban J connectivity index is 1.71. The van der Waals surface area contributed by atoms with Crippen LogP contribution in [0, 0.1) is 17.3 Å². The minimum atomic E-state index is 0.108. The van der Waals surface area contributed by atoms with Crippen molar-refractivity contribution in [1.29, 1.82) is 0 Å². The summed E-state index contributed by atoms with van der Waals surface area (Å²) in [6.45, 7) is 6.45. The highest BCUT2D eigenvalue weighted by Crippen LogP contribution is 2.62. The molecule has 0 N–H and O–H groups in total. The first-order valence-electron chi connectivity index (χ1n) is 9.35. The van der Waals surface area contributed by atoms with Crippen molar-refractivity contribution in [2.75, 3.05) is 7.11 Å². The molecule has 3 aliphatic carbocycles. The summed E-state index contributed by atoms with van der Waals surface area (Å²) < 4.78 is 5.44. The molecule has 0 radical (unpaired) electrons. The van der Waals surface area contributed by atoms with E-state index in [-0.39, 0.29) is 11.2 Å². The number of rotatable bonds is 2. The maximum atomic E-state index is 12.1. The molecular formula is C22H28O2. The summed E-state index contributed by atoms with van der Waals surface area (Å²) in [5, 5.41) is 0. The second-order valence-electron chi connectivity index (χ2n) is 8.37. The number of carbonyl (C=O) groups is 1. The van der Waals surface area contributed by atoms with Gasteiger partial charge in [0.25, 0.3) is 0 Å². The molecule has 1 fully saturated rings. The lowest BCUT2D eigenvalue weighted by Crippen LogP contribution is -2.42. The molecule has 0 unspecified atom stereocenters. The maximum Gasteiger partial charge on any atom is 0.156 e. The summed E-state index contributed by atoms with van der Waals surface area (Å²) in [6.07, 6.45) is 6.93. The minimum Gasteiger partial charge on any atom is -0.497 e. The molecule has 2 heteroatoms. The summed E-state index contributed by atoms with van der Waals surface area (Å²) in [7, 11) is 1.75. The van der Waals surface area contributed by atoms with Crippen LogP contribution in [-0.4, -0.2) is 12.9 Å². The van der Waals surface area contributed by atoms with E-state index in [1.165, 1.54) is 24.0 Å². The number of ketones is 1. The van der Waals surface area contributed by atoms with Crippen molar-refractivity contribution in [3.05, 3.63) is 41.0 Å². The van der Waals surface area contributed by atoms with Crippen LogP contribution >= 0.6 is 0 Å². The van der Waals surface area contributed by atoms with Gasteiger partial charge in [-0.05, 0) is 90.5 Å². The number of carbonyl (C=O) groups excluding carboxylic acids is 1. The van der Waals surface area contributed by atoms with Gasteiger partial charge < -0.3 is 4.74 Å². The van der Waals surface area contributed by atoms with Crippen molar-refractivity contribution >= 4 is 5.78 Å². The van der Waals surface area contributed by atoms with Crippen LogP contribution < -0.4 is 4.74 Å². The Morgan fingerprint density at radius 1 is 1.29 bits per heavy atom. The fourth-order valence-electron chi connectivity index (χ4n) is 6.10. The van der Waals surface area contributed by atoms with Gasteiger partial charge in [0.2, 0.25) is 0 Å². The SMILES string of the molecule is COc1ccc2c(c1)[C@@H](C)C[C@@H]1[C@@H]2CC[C@]2(C)C(C(C)=O)=CC[C@@H]12. The quantitative estimate of drug-likeness (QED) is 0.744. The molecule has 1 aromatic rings. The summed E-state index contributed by atoms with van der Waals surface area (Å²) in [6, 6.07) is 6.67. The molecule has 0 spiro atoms. The Morgan fingerprint density at radius 2 is 2.08 bits per heavy atom. The third-order valence-electron chi connectivity index (χ3n) is 7.25. The molecule has 5 atom stereocenters. The zero-order valence-corrected chi connectivity index (χ0v) is 15.3. The van der Waals surface area contributed by atoms with Gasteiger partial charge in [0.05, 0.1) is 7.11 Å². The average molecular weight is 324 g/mol. The second kappa shape index (κ2) is 5.47. The molecule has 128 valence electrons. The lowest BCUT2D eigenvalue weighted by molar-refractivity contribution is -0.115. The standard InChI is InChI=1S/C22H28O2/c1-13-11-19-17(16-6-5-15(24-4)12-18(13)16)9-10-22(3)20(14(2)23)7-8-21(19)22/h5-7,12-13,17,19,21H,8-11H2,1-4H3/t13-,17+,19+,21-,22+/m0/s1. The molecule has 2 nitrogen and oxygen atoms in total. The van der Waals surface area contributed by atoms with E-state index in [2.05, 4.69) is 38.1 Å². The van der Waals surface area contributed by atoms with Gasteiger partial charge in [-0.1, -0.05) is 26.0 Å². The molecular weight excluding hydrogens is 296 g/mol. The number of fused-ring (bicyclic) bond motifs is 5. The van der Waals surface area contributed by atoms with Crippen molar-refractivity contribution in [1.82, 2.24) is 0 Å². The molecule has 3 aliphatic rings. The normalized spacial score (nSPS) is 37.1. The Labute approximate surface area is 145 Å². The molecule has 0 aliphatic heterocycles. The summed E-state index contributed by atoms with van der Waals surface area (Å²) in [5.41, 5.74) is 4.24. The Bertz CT molecular complexity index is 717. The number of Topliss-reactive ketones (excluding diaryl/α,β-unsaturated/α-hetero) is 1. The van der Waals surface area contributed by atoms with Crippen LogP contribution in [0.4, 0.5) is 0 Å². The van der Waals surface area contributed by atoms with Gasteiger partial charge in [-0.15, -0.1) is 0 Å². The van der Waals surface area contributed by atoms with E-state index in [9.17, 15) is 4.79 Å². The molecule has 1 aromatic carbocycles. The van der Waals surface area contributed by atoms with Crippen LogP contribution in [0.5, 0.6) is 5.75 Å². The van der Waals surface area contributed by atoms with Crippen LogP contribution in [0.3, 0.4) is 0 Å². The smallest absolute Gasteiger partial charge is 0.156 e. The lowest BCUT2D eigenvalue weighted by Gasteiger charge is -2.51. The fraction of sp³-hybridized carbons (Fsp3) is 0.591. The first kappa shape index (κ1) is 15.9. The molecule has 1 saturated carbocycles. The number of methoxy groups -OCH3 is 1. The van der Waals surface area contributed by atoms with Crippen LogP contribution in [0.1, 0.15) is 69.4 Å². The fourth-order valence-corrected chi connectivity index (χ4v) is 6.10. The van der Waals surface area contributed by atoms with E-state index < -0.39 is 0 Å². The van der Waals surface area contributed by atoms with Gasteiger partial charge in [-0.3, -0.25) is 4.79 Å². The van der Waals surface area contributed by atoms with Gasteiger partial charge in [0, 0.05) is 0 Å². The van der Waals surface area contributed by atoms with Crippen molar-refractivity contribution in [2.45, 2.75) is 58.3 Å². The first-order valence-corrected chi connectivity index (χ1v) is 9.35. The van der Waals surface area contributed by atoms with Gasteiger partial charge in [0.1, 0.15) is 5.75 Å².